The second kappa shape index (κ2) is 7.72. The van der Waals surface area contributed by atoms with Gasteiger partial charge in [-0.2, -0.15) is 0 Å². The van der Waals surface area contributed by atoms with Crippen LogP contribution in [0.25, 0.3) is 0 Å². The van der Waals surface area contributed by atoms with Crippen molar-refractivity contribution in [1.29, 1.82) is 0 Å². The first-order valence-corrected chi connectivity index (χ1v) is 9.61. The van der Waals surface area contributed by atoms with Crippen molar-refractivity contribution in [2.45, 2.75) is 63.3 Å². The smallest absolute Gasteiger partial charge is 0.315 e. The Kier molecular flexibility index (Phi) is 5.64. The number of hydrogen-bond donors (Lipinski definition) is 4. The highest BCUT2D eigenvalue weighted by Gasteiger charge is 2.51. The van der Waals surface area contributed by atoms with Gasteiger partial charge in [-0.1, -0.05) is 0 Å². The molecule has 0 aromatic heterocycles. The fourth-order valence-electron chi connectivity index (χ4n) is 5.42. The van der Waals surface area contributed by atoms with Gasteiger partial charge in [-0.3, -0.25) is 4.79 Å². The predicted octanol–water partition coefficient (Wildman–Crippen LogP) is 1.50. The van der Waals surface area contributed by atoms with Crippen molar-refractivity contribution in [1.82, 2.24) is 16.0 Å². The second-order valence-electron chi connectivity index (χ2n) is 8.17. The van der Waals surface area contributed by atoms with Crippen LogP contribution in [0.1, 0.15) is 57.8 Å². The summed E-state index contributed by atoms with van der Waals surface area (Å²) in [6.45, 7) is 1.71. The first-order chi connectivity index (χ1) is 11.6. The Labute approximate surface area is 144 Å². The number of unbranched alkanes of at least 4 members (excludes halogenated alkanes) is 1. The third-order valence-electron chi connectivity index (χ3n) is 6.01. The Balaban J connectivity index is 1.34. The molecule has 0 radical (unpaired) electrons. The molecule has 6 nitrogen and oxygen atoms in total. The summed E-state index contributed by atoms with van der Waals surface area (Å²) in [4.78, 5) is 23.9. The summed E-state index contributed by atoms with van der Waals surface area (Å²) in [7, 11) is 0. The molecular weight excluding hydrogens is 304 g/mol. The Hall–Kier alpha value is -1.30. The molecule has 24 heavy (non-hydrogen) atoms. The van der Waals surface area contributed by atoms with Gasteiger partial charge in [0.1, 0.15) is 0 Å². The minimum Gasteiger partial charge on any atom is -0.356 e. The quantitative estimate of drug-likeness (QED) is 0.506. The van der Waals surface area contributed by atoms with E-state index in [9.17, 15) is 9.59 Å². The van der Waals surface area contributed by atoms with Gasteiger partial charge in [0, 0.05) is 25.0 Å². The molecule has 5 N–H and O–H groups in total. The standard InChI is InChI=1S/C18H32N4O2/c19-4-1-2-5-20-16(23)3-6-21-17(24)22-18-10-13-7-14(11-18)9-15(8-13)12-18/h13-15H,1-12,19H2,(H,20,23)(H2,21,22,24). The van der Waals surface area contributed by atoms with Crippen LogP contribution in [-0.4, -0.2) is 37.1 Å². The van der Waals surface area contributed by atoms with Crippen molar-refractivity contribution in [2.24, 2.45) is 23.5 Å². The van der Waals surface area contributed by atoms with Gasteiger partial charge < -0.3 is 21.7 Å². The molecule has 4 saturated carbocycles. The van der Waals surface area contributed by atoms with Crippen LogP contribution in [0.5, 0.6) is 0 Å². The lowest BCUT2D eigenvalue weighted by Gasteiger charge is -2.56. The lowest BCUT2D eigenvalue weighted by Crippen LogP contribution is -2.61. The first-order valence-electron chi connectivity index (χ1n) is 9.61. The minimum absolute atomic E-state index is 0.0119. The molecule has 4 rings (SSSR count). The molecule has 4 fully saturated rings. The largest absolute Gasteiger partial charge is 0.356 e. The number of carbonyl (C=O) groups is 2. The van der Waals surface area contributed by atoms with Gasteiger partial charge in [0.25, 0.3) is 0 Å². The molecule has 136 valence electrons. The Morgan fingerprint density at radius 1 is 0.917 bits per heavy atom. The molecule has 0 aliphatic heterocycles. The molecule has 4 aliphatic rings. The van der Waals surface area contributed by atoms with Gasteiger partial charge in [-0.25, -0.2) is 4.79 Å². The minimum atomic E-state index is -0.104. The maximum absolute atomic E-state index is 12.2. The average Bonchev–Trinajstić information content (AvgIpc) is 2.49. The van der Waals surface area contributed by atoms with E-state index in [4.69, 9.17) is 5.73 Å². The van der Waals surface area contributed by atoms with Crippen LogP contribution in [0.3, 0.4) is 0 Å². The molecule has 0 spiro atoms. The summed E-state index contributed by atoms with van der Waals surface area (Å²) in [6.07, 6.45) is 9.70. The molecule has 0 atom stereocenters. The Morgan fingerprint density at radius 2 is 1.54 bits per heavy atom. The maximum atomic E-state index is 12.2. The zero-order valence-electron chi connectivity index (χ0n) is 14.6. The van der Waals surface area contributed by atoms with Crippen molar-refractivity contribution in [3.05, 3.63) is 0 Å². The van der Waals surface area contributed by atoms with E-state index in [2.05, 4.69) is 16.0 Å². The summed E-state index contributed by atoms with van der Waals surface area (Å²) in [6, 6.07) is -0.104. The Morgan fingerprint density at radius 3 is 2.12 bits per heavy atom. The van der Waals surface area contributed by atoms with Crippen LogP contribution in [-0.2, 0) is 4.79 Å². The second-order valence-corrected chi connectivity index (χ2v) is 8.17. The van der Waals surface area contributed by atoms with Gasteiger partial charge in [-0.05, 0) is 75.7 Å². The molecule has 0 heterocycles. The van der Waals surface area contributed by atoms with Crippen molar-refractivity contribution in [3.8, 4) is 0 Å². The van der Waals surface area contributed by atoms with Crippen LogP contribution in [0.4, 0.5) is 4.79 Å². The van der Waals surface area contributed by atoms with E-state index in [1.54, 1.807) is 0 Å². The molecule has 0 saturated heterocycles. The molecule has 4 aliphatic carbocycles. The lowest BCUT2D eigenvalue weighted by atomic mass is 9.53. The summed E-state index contributed by atoms with van der Waals surface area (Å²) < 4.78 is 0. The number of urea groups is 1. The fraction of sp³-hybridized carbons (Fsp3) is 0.889. The van der Waals surface area contributed by atoms with E-state index >= 15 is 0 Å². The molecule has 0 aromatic rings. The molecule has 3 amide bonds. The van der Waals surface area contributed by atoms with Gasteiger partial charge in [-0.15, -0.1) is 0 Å². The molecular formula is C18H32N4O2. The van der Waals surface area contributed by atoms with E-state index in [-0.39, 0.29) is 17.5 Å². The number of hydrogen-bond acceptors (Lipinski definition) is 3. The molecule has 0 unspecified atom stereocenters. The Bertz CT molecular complexity index is 431. The highest BCUT2D eigenvalue weighted by molar-refractivity contribution is 5.78. The number of nitrogens with two attached hydrogens (primary N) is 1. The zero-order chi connectivity index (χ0) is 17.0. The highest BCUT2D eigenvalue weighted by Crippen LogP contribution is 2.55. The van der Waals surface area contributed by atoms with Crippen LogP contribution in [0.15, 0.2) is 0 Å². The summed E-state index contributed by atoms with van der Waals surface area (Å²) in [5.41, 5.74) is 5.45. The van der Waals surface area contributed by atoms with Gasteiger partial charge in [0.05, 0.1) is 0 Å². The number of nitrogens with one attached hydrogen (secondary N) is 3. The van der Waals surface area contributed by atoms with E-state index < -0.39 is 0 Å². The lowest BCUT2D eigenvalue weighted by molar-refractivity contribution is -0.120. The summed E-state index contributed by atoms with van der Waals surface area (Å²) in [5.74, 6) is 2.43. The van der Waals surface area contributed by atoms with E-state index in [1.165, 1.54) is 19.3 Å². The van der Waals surface area contributed by atoms with Crippen LogP contribution in [0, 0.1) is 17.8 Å². The maximum Gasteiger partial charge on any atom is 0.315 e. The van der Waals surface area contributed by atoms with Crippen LogP contribution >= 0.6 is 0 Å². The number of amides is 3. The third-order valence-corrected chi connectivity index (χ3v) is 6.01. The highest BCUT2D eigenvalue weighted by atomic mass is 16.2. The number of rotatable bonds is 8. The normalized spacial score (nSPS) is 33.3. The fourth-order valence-corrected chi connectivity index (χ4v) is 5.42. The SMILES string of the molecule is NCCCCNC(=O)CCNC(=O)NC12CC3CC(CC(C3)C1)C2. The first kappa shape index (κ1) is 17.5. The van der Waals surface area contributed by atoms with E-state index in [0.29, 0.717) is 26.1 Å². The van der Waals surface area contributed by atoms with Gasteiger partial charge >= 0.3 is 6.03 Å². The van der Waals surface area contributed by atoms with Crippen LogP contribution in [0.2, 0.25) is 0 Å². The van der Waals surface area contributed by atoms with Crippen molar-refractivity contribution >= 4 is 11.9 Å². The zero-order valence-corrected chi connectivity index (χ0v) is 14.6. The monoisotopic (exact) mass is 336 g/mol. The summed E-state index contributed by atoms with van der Waals surface area (Å²) in [5, 5.41) is 8.97. The van der Waals surface area contributed by atoms with E-state index in [1.807, 2.05) is 0 Å². The molecule has 4 bridgehead atoms. The summed E-state index contributed by atoms with van der Waals surface area (Å²) >= 11 is 0. The third kappa shape index (κ3) is 4.41. The topological polar surface area (TPSA) is 96.2 Å². The van der Waals surface area contributed by atoms with Gasteiger partial charge in [0.2, 0.25) is 5.91 Å². The number of carbonyl (C=O) groups excluding carboxylic acids is 2. The molecule has 0 aromatic carbocycles. The predicted molar refractivity (Wildman–Crippen MR) is 93.4 cm³/mol. The molecule has 6 heteroatoms. The van der Waals surface area contributed by atoms with Crippen LogP contribution < -0.4 is 21.7 Å². The van der Waals surface area contributed by atoms with Crippen molar-refractivity contribution < 1.29 is 9.59 Å². The van der Waals surface area contributed by atoms with Crippen molar-refractivity contribution in [3.63, 3.8) is 0 Å². The average molecular weight is 336 g/mol. The van der Waals surface area contributed by atoms with E-state index in [0.717, 1.165) is 49.9 Å². The van der Waals surface area contributed by atoms with Crippen molar-refractivity contribution in [2.75, 3.05) is 19.6 Å². The van der Waals surface area contributed by atoms with Gasteiger partial charge in [0.15, 0.2) is 0 Å².